The van der Waals surface area contributed by atoms with Crippen LogP contribution < -0.4 is 10.6 Å². The van der Waals surface area contributed by atoms with E-state index in [4.69, 9.17) is 5.73 Å². The molecule has 1 aliphatic rings. The Morgan fingerprint density at radius 2 is 2.31 bits per heavy atom. The monoisotopic (exact) mass is 223 g/mol. The zero-order valence-corrected chi connectivity index (χ0v) is 9.62. The molecule has 2 N–H and O–H groups in total. The minimum absolute atomic E-state index is 0.309. The molecule has 88 valence electrons. The second-order valence-corrected chi connectivity index (χ2v) is 4.26. The van der Waals surface area contributed by atoms with E-state index in [1.165, 1.54) is 25.1 Å². The van der Waals surface area contributed by atoms with E-state index in [0.29, 0.717) is 12.6 Å². The lowest BCUT2D eigenvalue weighted by Gasteiger charge is -2.25. The van der Waals surface area contributed by atoms with E-state index in [0.717, 1.165) is 24.3 Å². The van der Waals surface area contributed by atoms with Crippen LogP contribution in [0.1, 0.15) is 31.7 Å². The van der Waals surface area contributed by atoms with Crippen LogP contribution in [-0.2, 0) is 6.54 Å². The average molecular weight is 223 g/mol. The molecule has 1 heterocycles. The summed E-state index contributed by atoms with van der Waals surface area (Å²) in [6.07, 6.45) is 4.77. The fourth-order valence-corrected chi connectivity index (χ4v) is 1.97. The summed E-state index contributed by atoms with van der Waals surface area (Å²) >= 11 is 0. The van der Waals surface area contributed by atoms with E-state index in [1.807, 2.05) is 0 Å². The average Bonchev–Trinajstić information content (AvgIpc) is 3.10. The third-order valence-corrected chi connectivity index (χ3v) is 2.85. The van der Waals surface area contributed by atoms with Gasteiger partial charge in [-0.2, -0.15) is 0 Å². The van der Waals surface area contributed by atoms with E-state index in [1.54, 1.807) is 0 Å². The minimum Gasteiger partial charge on any atom is -0.353 e. The van der Waals surface area contributed by atoms with Crippen LogP contribution in [0.25, 0.3) is 0 Å². The maximum absolute atomic E-state index is 13.1. The minimum atomic E-state index is -0.309. The molecule has 1 saturated carbocycles. The maximum Gasteiger partial charge on any atom is 0.141 e. The predicted octanol–water partition coefficient (Wildman–Crippen LogP) is 2.06. The Kier molecular flexibility index (Phi) is 3.39. The summed E-state index contributed by atoms with van der Waals surface area (Å²) in [6, 6.07) is 2.08. The van der Waals surface area contributed by atoms with Crippen LogP contribution in [-0.4, -0.2) is 17.6 Å². The fourth-order valence-electron chi connectivity index (χ4n) is 1.97. The van der Waals surface area contributed by atoms with Crippen molar-refractivity contribution in [2.24, 2.45) is 5.73 Å². The van der Waals surface area contributed by atoms with E-state index < -0.39 is 0 Å². The zero-order chi connectivity index (χ0) is 11.5. The molecule has 0 amide bonds. The van der Waals surface area contributed by atoms with Gasteiger partial charge in [-0.1, -0.05) is 6.92 Å². The number of pyridine rings is 1. The predicted molar refractivity (Wildman–Crippen MR) is 62.7 cm³/mol. The number of nitrogens with two attached hydrogens (primary N) is 1. The molecule has 1 aromatic rings. The smallest absolute Gasteiger partial charge is 0.141 e. The summed E-state index contributed by atoms with van der Waals surface area (Å²) < 4.78 is 13.1. The first-order chi connectivity index (χ1) is 7.76. The highest BCUT2D eigenvalue weighted by atomic mass is 19.1. The normalized spacial score (nSPS) is 15.2. The Balaban J connectivity index is 2.28. The topological polar surface area (TPSA) is 42.2 Å². The van der Waals surface area contributed by atoms with Gasteiger partial charge in [-0.15, -0.1) is 0 Å². The summed E-state index contributed by atoms with van der Waals surface area (Å²) in [5.41, 5.74) is 6.45. The van der Waals surface area contributed by atoms with Crippen LogP contribution in [0.4, 0.5) is 10.2 Å². The van der Waals surface area contributed by atoms with Gasteiger partial charge in [0.05, 0.1) is 6.20 Å². The van der Waals surface area contributed by atoms with Crippen LogP contribution in [0, 0.1) is 5.82 Å². The largest absolute Gasteiger partial charge is 0.353 e. The lowest BCUT2D eigenvalue weighted by atomic mass is 10.2. The first-order valence-corrected chi connectivity index (χ1v) is 5.87. The van der Waals surface area contributed by atoms with Gasteiger partial charge in [-0.25, -0.2) is 9.37 Å². The number of rotatable bonds is 5. The number of nitrogens with zero attached hydrogens (tertiary/aromatic N) is 2. The number of hydrogen-bond donors (Lipinski definition) is 1. The van der Waals surface area contributed by atoms with Gasteiger partial charge in [0.2, 0.25) is 0 Å². The fraction of sp³-hybridized carbons (Fsp3) is 0.583. The highest BCUT2D eigenvalue weighted by molar-refractivity contribution is 5.49. The first kappa shape index (κ1) is 11.3. The van der Waals surface area contributed by atoms with Crippen LogP contribution >= 0.6 is 0 Å². The van der Waals surface area contributed by atoms with Crippen LogP contribution in [0.5, 0.6) is 0 Å². The zero-order valence-electron chi connectivity index (χ0n) is 9.62. The summed E-state index contributed by atoms with van der Waals surface area (Å²) in [4.78, 5) is 6.47. The van der Waals surface area contributed by atoms with Crippen molar-refractivity contribution in [1.29, 1.82) is 0 Å². The molecule has 0 atom stereocenters. The highest BCUT2D eigenvalue weighted by Crippen LogP contribution is 2.32. The van der Waals surface area contributed by atoms with Crippen LogP contribution in [0.2, 0.25) is 0 Å². The number of anilines is 1. The number of halogens is 1. The molecule has 1 aliphatic carbocycles. The van der Waals surface area contributed by atoms with Gasteiger partial charge >= 0.3 is 0 Å². The van der Waals surface area contributed by atoms with Gasteiger partial charge in [0, 0.05) is 24.7 Å². The van der Waals surface area contributed by atoms with Crippen molar-refractivity contribution < 1.29 is 4.39 Å². The van der Waals surface area contributed by atoms with Gasteiger partial charge < -0.3 is 10.6 Å². The Hall–Kier alpha value is -1.16. The summed E-state index contributed by atoms with van der Waals surface area (Å²) in [5, 5.41) is 0. The first-order valence-electron chi connectivity index (χ1n) is 5.87. The van der Waals surface area contributed by atoms with Crippen molar-refractivity contribution in [3.05, 3.63) is 23.6 Å². The molecule has 0 bridgehead atoms. The molecule has 0 spiro atoms. The van der Waals surface area contributed by atoms with Gasteiger partial charge in [-0.3, -0.25) is 0 Å². The summed E-state index contributed by atoms with van der Waals surface area (Å²) in [6.45, 7) is 3.45. The van der Waals surface area contributed by atoms with Crippen molar-refractivity contribution in [3.8, 4) is 0 Å². The molecule has 3 nitrogen and oxygen atoms in total. The van der Waals surface area contributed by atoms with E-state index >= 15 is 0 Å². The van der Waals surface area contributed by atoms with E-state index in [9.17, 15) is 4.39 Å². The molecular weight excluding hydrogens is 205 g/mol. The molecule has 1 fully saturated rings. The summed E-state index contributed by atoms with van der Waals surface area (Å²) in [7, 11) is 0. The summed E-state index contributed by atoms with van der Waals surface area (Å²) in [5.74, 6) is 0.560. The van der Waals surface area contributed by atoms with Crippen LogP contribution in [0.15, 0.2) is 12.3 Å². The highest BCUT2D eigenvalue weighted by Gasteiger charge is 2.30. The van der Waals surface area contributed by atoms with E-state index in [-0.39, 0.29) is 5.82 Å². The SMILES string of the molecule is CCCN(c1ncc(F)cc1CN)C1CC1. The van der Waals surface area contributed by atoms with Gasteiger partial charge in [0.25, 0.3) is 0 Å². The molecule has 2 rings (SSSR count). The Morgan fingerprint density at radius 3 is 2.88 bits per heavy atom. The number of hydrogen-bond acceptors (Lipinski definition) is 3. The van der Waals surface area contributed by atoms with Crippen molar-refractivity contribution in [2.45, 2.75) is 38.8 Å². The standard InChI is InChI=1S/C12H18FN3/c1-2-5-16(11-3-4-11)12-9(7-14)6-10(13)8-15-12/h6,8,11H,2-5,7,14H2,1H3. The maximum atomic E-state index is 13.1. The van der Waals surface area contributed by atoms with Gasteiger partial charge in [0.1, 0.15) is 11.6 Å². The Morgan fingerprint density at radius 1 is 1.56 bits per heavy atom. The lowest BCUT2D eigenvalue weighted by molar-refractivity contribution is 0.616. The quantitative estimate of drug-likeness (QED) is 0.830. The third-order valence-electron chi connectivity index (χ3n) is 2.85. The lowest BCUT2D eigenvalue weighted by Crippen LogP contribution is -2.29. The van der Waals surface area contributed by atoms with Gasteiger partial charge in [-0.05, 0) is 25.3 Å². The second-order valence-electron chi connectivity index (χ2n) is 4.26. The molecule has 1 aromatic heterocycles. The van der Waals surface area contributed by atoms with Gasteiger partial charge in [0.15, 0.2) is 0 Å². The molecule has 16 heavy (non-hydrogen) atoms. The molecular formula is C12H18FN3. The van der Waals surface area contributed by atoms with E-state index in [2.05, 4.69) is 16.8 Å². The molecule has 0 aliphatic heterocycles. The molecule has 0 aromatic carbocycles. The molecule has 0 unspecified atom stereocenters. The van der Waals surface area contributed by atoms with Crippen LogP contribution in [0.3, 0.4) is 0 Å². The molecule has 0 saturated heterocycles. The Labute approximate surface area is 95.5 Å². The Bertz CT molecular complexity index is 363. The molecule has 4 heteroatoms. The van der Waals surface area contributed by atoms with Crippen molar-refractivity contribution >= 4 is 5.82 Å². The van der Waals surface area contributed by atoms with Crippen molar-refractivity contribution in [1.82, 2.24) is 4.98 Å². The van der Waals surface area contributed by atoms with Crippen molar-refractivity contribution in [2.75, 3.05) is 11.4 Å². The van der Waals surface area contributed by atoms with Crippen molar-refractivity contribution in [3.63, 3.8) is 0 Å². The number of aromatic nitrogens is 1. The third kappa shape index (κ3) is 2.32. The second kappa shape index (κ2) is 4.78. The molecule has 0 radical (unpaired) electrons.